The van der Waals surface area contributed by atoms with Gasteiger partial charge in [-0.3, -0.25) is 28.9 Å². The Hall–Kier alpha value is -8.10. The molecule has 0 radical (unpaired) electrons. The highest BCUT2D eigenvalue weighted by atomic mass is 15.2. The number of fused-ring (bicyclic) bond motifs is 21. The third-order valence-electron chi connectivity index (χ3n) is 11.7. The van der Waals surface area contributed by atoms with E-state index in [1.807, 2.05) is 67.4 Å². The molecule has 0 bridgehead atoms. The Morgan fingerprint density at radius 2 is 0.759 bits per heavy atom. The van der Waals surface area contributed by atoms with Crippen LogP contribution in [0.5, 0.6) is 0 Å². The quantitative estimate of drug-likeness (QED) is 0.167. The summed E-state index contributed by atoms with van der Waals surface area (Å²) < 4.78 is 4.35. The first-order valence-corrected chi connectivity index (χ1v) is 19.3. The van der Waals surface area contributed by atoms with Crippen LogP contribution in [-0.2, 0) is 0 Å². The molecule has 13 aromatic rings. The molecule has 0 amide bonds. The first-order valence-electron chi connectivity index (χ1n) is 19.3. The molecule has 8 heteroatoms. The highest BCUT2D eigenvalue weighted by molar-refractivity contribution is 6.31. The normalized spacial score (nSPS) is 12.1. The van der Waals surface area contributed by atoms with Gasteiger partial charge >= 0.3 is 0 Å². The van der Waals surface area contributed by atoms with Gasteiger partial charge in [0, 0.05) is 74.1 Å². The van der Waals surface area contributed by atoms with Crippen LogP contribution in [0, 0.1) is 0 Å². The van der Waals surface area contributed by atoms with Gasteiger partial charge in [-0.25, -0.2) is 9.97 Å². The van der Waals surface area contributed by atoms with Crippen LogP contribution in [0.2, 0.25) is 0 Å². The van der Waals surface area contributed by atoms with Crippen LogP contribution in [-0.4, -0.2) is 38.9 Å². The number of pyridine rings is 5. The van der Waals surface area contributed by atoms with E-state index in [4.69, 9.17) is 29.9 Å². The van der Waals surface area contributed by atoms with E-state index in [1.54, 1.807) is 0 Å². The number of aromatic nitrogens is 8. The van der Waals surface area contributed by atoms with Gasteiger partial charge in [-0.15, -0.1) is 0 Å². The summed E-state index contributed by atoms with van der Waals surface area (Å²) in [7, 11) is 0. The molecule has 13 rings (SSSR count). The fourth-order valence-corrected chi connectivity index (χ4v) is 9.28. The number of rotatable bonds is 1. The maximum absolute atomic E-state index is 5.18. The Bertz CT molecular complexity index is 4000. The Kier molecular flexibility index (Phi) is 6.29. The van der Waals surface area contributed by atoms with Crippen molar-refractivity contribution in [2.45, 2.75) is 0 Å². The van der Waals surface area contributed by atoms with Gasteiger partial charge in [0.05, 0.1) is 44.3 Å². The molecule has 0 aliphatic heterocycles. The van der Waals surface area contributed by atoms with Crippen molar-refractivity contribution in [2.24, 2.45) is 0 Å². The summed E-state index contributed by atoms with van der Waals surface area (Å²) in [6.07, 6.45) is 9.36. The maximum atomic E-state index is 5.18. The van der Waals surface area contributed by atoms with Gasteiger partial charge in [0.2, 0.25) is 5.78 Å². The predicted octanol–water partition coefficient (Wildman–Crippen LogP) is 11.8. The zero-order valence-electron chi connectivity index (χ0n) is 30.7. The lowest BCUT2D eigenvalue weighted by Crippen LogP contribution is -1.97. The third-order valence-corrected chi connectivity index (χ3v) is 11.7. The molecule has 268 valence electrons. The molecule has 7 aromatic heterocycles. The van der Waals surface area contributed by atoms with Crippen LogP contribution in [0.1, 0.15) is 0 Å². The number of benzene rings is 4. The molecule has 8 nitrogen and oxygen atoms in total. The molecule has 58 heavy (non-hydrogen) atoms. The number of nitrogens with zero attached hydrogens (tertiary/aromatic N) is 8. The Balaban J connectivity index is 1.25. The van der Waals surface area contributed by atoms with Crippen LogP contribution in [0.3, 0.4) is 0 Å². The van der Waals surface area contributed by atoms with Crippen molar-refractivity contribution >= 4 is 115 Å². The van der Waals surface area contributed by atoms with Crippen molar-refractivity contribution in [3.05, 3.63) is 171 Å². The first-order chi connectivity index (χ1) is 28.8. The Morgan fingerprint density at radius 3 is 1.34 bits per heavy atom. The molecule has 0 aliphatic rings. The second-order valence-corrected chi connectivity index (χ2v) is 14.7. The molecule has 0 unspecified atom stereocenters. The van der Waals surface area contributed by atoms with E-state index in [0.717, 1.165) is 120 Å². The van der Waals surface area contributed by atoms with Gasteiger partial charge in [-0.1, -0.05) is 66.7 Å². The summed E-state index contributed by atoms with van der Waals surface area (Å²) in [5.41, 5.74) is 8.33. The van der Waals surface area contributed by atoms with Crippen molar-refractivity contribution in [2.75, 3.05) is 0 Å². The fraction of sp³-hybridized carbons (Fsp3) is 0. The summed E-state index contributed by atoms with van der Waals surface area (Å²) in [4.78, 5) is 30.4. The second-order valence-electron chi connectivity index (χ2n) is 14.7. The number of para-hydroxylation sites is 2. The van der Waals surface area contributed by atoms with E-state index in [9.17, 15) is 0 Å². The molecule has 0 fully saturated rings. The average molecular weight is 741 g/mol. The van der Waals surface area contributed by atoms with E-state index in [0.29, 0.717) is 0 Å². The molecule has 6 aromatic carbocycles. The lowest BCUT2D eigenvalue weighted by Gasteiger charge is -2.13. The molecule has 0 saturated heterocycles. The average Bonchev–Trinajstić information content (AvgIpc) is 3.82. The molecule has 0 N–H and O–H groups in total. The fourth-order valence-electron chi connectivity index (χ4n) is 9.28. The zero-order valence-corrected chi connectivity index (χ0v) is 30.7. The molecule has 7 heterocycles. The highest BCUT2D eigenvalue weighted by Gasteiger charge is 2.20. The zero-order chi connectivity index (χ0) is 37.9. The van der Waals surface area contributed by atoms with Crippen molar-refractivity contribution in [3.8, 4) is 5.69 Å². The van der Waals surface area contributed by atoms with Crippen molar-refractivity contribution < 1.29 is 0 Å². The smallest absolute Gasteiger partial charge is 0.221 e. The van der Waals surface area contributed by atoms with Crippen LogP contribution in [0.15, 0.2) is 171 Å². The summed E-state index contributed by atoms with van der Waals surface area (Å²) >= 11 is 0. The maximum Gasteiger partial charge on any atom is 0.221 e. The third kappa shape index (κ3) is 4.23. The van der Waals surface area contributed by atoms with Gasteiger partial charge in [0.25, 0.3) is 0 Å². The summed E-state index contributed by atoms with van der Waals surface area (Å²) in [5.74, 6) is 0.799. The summed E-state index contributed by atoms with van der Waals surface area (Å²) in [6, 6.07) is 48.9. The number of imidazole rings is 2. The lowest BCUT2D eigenvalue weighted by molar-refractivity contribution is 1.09. The van der Waals surface area contributed by atoms with Gasteiger partial charge in [0.15, 0.2) is 5.65 Å². The number of hydrogen-bond donors (Lipinski definition) is 0. The molecular weight excluding hydrogens is 713 g/mol. The van der Waals surface area contributed by atoms with Crippen molar-refractivity contribution in [1.82, 2.24) is 38.9 Å². The van der Waals surface area contributed by atoms with E-state index >= 15 is 0 Å². The van der Waals surface area contributed by atoms with Crippen LogP contribution >= 0.6 is 0 Å². The topological polar surface area (TPSA) is 86.7 Å². The van der Waals surface area contributed by atoms with E-state index < -0.39 is 0 Å². The monoisotopic (exact) mass is 740 g/mol. The predicted molar refractivity (Wildman–Crippen MR) is 236 cm³/mol. The van der Waals surface area contributed by atoms with E-state index in [-0.39, 0.29) is 0 Å². The minimum Gasteiger partial charge on any atom is -0.274 e. The Morgan fingerprint density at radius 1 is 0.328 bits per heavy atom. The minimum atomic E-state index is 0.799. The van der Waals surface area contributed by atoms with Gasteiger partial charge in [-0.2, -0.15) is 0 Å². The highest BCUT2D eigenvalue weighted by Crippen LogP contribution is 2.41. The van der Waals surface area contributed by atoms with Gasteiger partial charge in [0.1, 0.15) is 0 Å². The Labute approximate surface area is 328 Å². The summed E-state index contributed by atoms with van der Waals surface area (Å²) in [5, 5.41) is 12.6. The lowest BCUT2D eigenvalue weighted by atomic mass is 9.93. The first kappa shape index (κ1) is 31.1. The molecule has 0 saturated carbocycles. The standard InChI is InChI=1S/C50H28N8/c1-2-11-31-30(10-1)45-32(12-5-21-51-45)37-27-39-34-14-7-23-53-47(34)36-20-19-29(57-49-44(18-9-25-55-49)58-43-17-4-3-16-42(43)56-50(57)58)26-41(36)48-35(15-8-24-54-48)40(39)28-38(37)33-13-6-22-52-46(31)33/h1-28H. The van der Waals surface area contributed by atoms with E-state index in [2.05, 4.69) is 112 Å². The van der Waals surface area contributed by atoms with Crippen LogP contribution in [0.4, 0.5) is 0 Å². The largest absolute Gasteiger partial charge is 0.274 e. The van der Waals surface area contributed by atoms with Gasteiger partial charge < -0.3 is 0 Å². The second kappa shape index (κ2) is 11.7. The van der Waals surface area contributed by atoms with Crippen molar-refractivity contribution in [1.29, 1.82) is 0 Å². The summed E-state index contributed by atoms with van der Waals surface area (Å²) in [6.45, 7) is 0. The molecule has 0 aliphatic carbocycles. The van der Waals surface area contributed by atoms with Crippen molar-refractivity contribution in [3.63, 3.8) is 0 Å². The van der Waals surface area contributed by atoms with Gasteiger partial charge in [-0.05, 0) is 94.3 Å². The SMILES string of the molecule is c1ccc2c(c1)nc1n(-c3ccc4c(c3)c3ncccc3c3cc5c(cc3c3cccnc34)c3cccnc3c3ccccc3c3ncccc53)c3ncccc3n21. The van der Waals surface area contributed by atoms with Crippen LogP contribution in [0.25, 0.3) is 120 Å². The molecular formula is C50H28N8. The molecule has 0 spiro atoms. The minimum absolute atomic E-state index is 0.799. The van der Waals surface area contributed by atoms with E-state index in [1.165, 1.54) is 0 Å². The molecule has 0 atom stereocenters. The number of hydrogen-bond acceptors (Lipinski definition) is 6. The van der Waals surface area contributed by atoms with Crippen LogP contribution < -0.4 is 0 Å².